The number of benzene rings is 2. The van der Waals surface area contributed by atoms with Crippen LogP contribution in [0.2, 0.25) is 5.02 Å². The van der Waals surface area contributed by atoms with Gasteiger partial charge in [-0.05, 0) is 68.9 Å². The minimum atomic E-state index is -0.230. The fourth-order valence-electron chi connectivity index (χ4n) is 5.23. The standard InChI is InChI=1S/C32H33ClN6O4/c1-39-15-4-6-23(39)8-12-29(40)38-27-10-9-26-30(31(27)43-24-13-16-41-19-24)32(36-20-35-26)37-21-7-11-28(25(33)17-21)42-18-22-5-2-3-14-34-22/h2-3,5,7-12,14,17,20,23-24H,4,6,13,15-16,18-19H2,1H3,(H,38,40)(H,35,36,37)/b12-8+/t23-,24?/m1/s1. The molecule has 0 saturated carbocycles. The van der Waals surface area contributed by atoms with Crippen molar-refractivity contribution in [1.29, 1.82) is 0 Å². The van der Waals surface area contributed by atoms with Gasteiger partial charge in [0.25, 0.3) is 0 Å². The van der Waals surface area contributed by atoms with Crippen molar-refractivity contribution < 1.29 is 19.0 Å². The van der Waals surface area contributed by atoms with E-state index in [2.05, 4.69) is 37.5 Å². The van der Waals surface area contributed by atoms with Crippen LogP contribution in [-0.4, -0.2) is 64.7 Å². The number of fused-ring (bicyclic) bond motifs is 1. The van der Waals surface area contributed by atoms with Crippen LogP contribution in [0.5, 0.6) is 11.5 Å². The molecule has 1 unspecified atom stereocenters. The molecule has 2 aromatic carbocycles. The summed E-state index contributed by atoms with van der Waals surface area (Å²) < 4.78 is 17.9. The molecular formula is C32H33ClN6O4. The van der Waals surface area contributed by atoms with Gasteiger partial charge in [0, 0.05) is 30.4 Å². The summed E-state index contributed by atoms with van der Waals surface area (Å²) >= 11 is 6.58. The minimum absolute atomic E-state index is 0.165. The molecule has 11 heteroatoms. The van der Waals surface area contributed by atoms with Gasteiger partial charge >= 0.3 is 0 Å². The van der Waals surface area contributed by atoms with Crippen LogP contribution in [0.25, 0.3) is 10.9 Å². The van der Waals surface area contributed by atoms with Gasteiger partial charge < -0.3 is 24.8 Å². The molecule has 0 aliphatic carbocycles. The van der Waals surface area contributed by atoms with E-state index in [4.69, 9.17) is 25.8 Å². The number of nitrogens with one attached hydrogen (secondary N) is 2. The summed E-state index contributed by atoms with van der Waals surface area (Å²) in [7, 11) is 2.07. The van der Waals surface area contributed by atoms with Crippen molar-refractivity contribution in [3.05, 3.63) is 83.9 Å². The van der Waals surface area contributed by atoms with E-state index < -0.39 is 0 Å². The molecule has 0 bridgehead atoms. The van der Waals surface area contributed by atoms with E-state index in [0.29, 0.717) is 64.4 Å². The number of aromatic nitrogens is 3. The molecule has 2 saturated heterocycles. The average Bonchev–Trinajstić information content (AvgIpc) is 3.69. The highest BCUT2D eigenvalue weighted by molar-refractivity contribution is 6.32. The minimum Gasteiger partial charge on any atom is -0.486 e. The van der Waals surface area contributed by atoms with E-state index in [9.17, 15) is 4.79 Å². The molecule has 1 amide bonds. The van der Waals surface area contributed by atoms with Crippen LogP contribution >= 0.6 is 11.6 Å². The Hall–Kier alpha value is -4.25. The number of rotatable bonds is 10. The van der Waals surface area contributed by atoms with E-state index in [-0.39, 0.29) is 18.1 Å². The van der Waals surface area contributed by atoms with Crippen LogP contribution in [0.3, 0.4) is 0 Å². The fraction of sp³-hybridized carbons (Fsp3) is 0.312. The molecule has 6 rings (SSSR count). The van der Waals surface area contributed by atoms with Gasteiger partial charge in [-0.15, -0.1) is 0 Å². The van der Waals surface area contributed by atoms with Crippen molar-refractivity contribution in [3.8, 4) is 11.5 Å². The fourth-order valence-corrected chi connectivity index (χ4v) is 5.46. The van der Waals surface area contributed by atoms with Crippen molar-refractivity contribution in [2.24, 2.45) is 0 Å². The molecule has 222 valence electrons. The Morgan fingerprint density at radius 2 is 2.09 bits per heavy atom. The Kier molecular flexibility index (Phi) is 8.97. The Morgan fingerprint density at radius 1 is 1.16 bits per heavy atom. The molecule has 0 radical (unpaired) electrons. The molecule has 10 nitrogen and oxygen atoms in total. The Labute approximate surface area is 255 Å². The quantitative estimate of drug-likeness (QED) is 0.220. The summed E-state index contributed by atoms with van der Waals surface area (Å²) in [4.78, 5) is 28.6. The number of hydrogen-bond acceptors (Lipinski definition) is 9. The first-order valence-corrected chi connectivity index (χ1v) is 14.7. The Balaban J connectivity index is 1.27. The second kappa shape index (κ2) is 13.4. The number of ether oxygens (including phenoxy) is 3. The lowest BCUT2D eigenvalue weighted by molar-refractivity contribution is -0.112. The van der Waals surface area contributed by atoms with Crippen molar-refractivity contribution in [2.75, 3.05) is 37.4 Å². The van der Waals surface area contributed by atoms with Gasteiger partial charge in [-0.2, -0.15) is 0 Å². The van der Waals surface area contributed by atoms with E-state index in [1.165, 1.54) is 6.33 Å². The normalized spacial score (nSPS) is 18.7. The zero-order valence-corrected chi connectivity index (χ0v) is 24.6. The second-order valence-corrected chi connectivity index (χ2v) is 11.0. The van der Waals surface area contributed by atoms with Gasteiger partial charge in [0.05, 0.1) is 40.5 Å². The topological polar surface area (TPSA) is 111 Å². The number of carbonyl (C=O) groups is 1. The maximum absolute atomic E-state index is 13.0. The molecule has 0 spiro atoms. The second-order valence-electron chi connectivity index (χ2n) is 10.6. The molecule has 4 aromatic rings. The van der Waals surface area contributed by atoms with Crippen molar-refractivity contribution in [3.63, 3.8) is 0 Å². The van der Waals surface area contributed by atoms with E-state index in [1.54, 1.807) is 24.4 Å². The highest BCUT2D eigenvalue weighted by Crippen LogP contribution is 2.40. The summed E-state index contributed by atoms with van der Waals surface area (Å²) in [6.45, 7) is 2.41. The molecule has 2 fully saturated rings. The molecule has 2 atom stereocenters. The number of anilines is 3. The van der Waals surface area contributed by atoms with Crippen molar-refractivity contribution in [1.82, 2.24) is 19.9 Å². The van der Waals surface area contributed by atoms with Gasteiger partial charge in [-0.3, -0.25) is 14.7 Å². The van der Waals surface area contributed by atoms with E-state index >= 15 is 0 Å². The lowest BCUT2D eigenvalue weighted by atomic mass is 10.1. The SMILES string of the molecule is CN1CCC[C@@H]1/C=C/C(=O)Nc1ccc2ncnc(Nc3ccc(OCc4ccccn4)c(Cl)c3)c2c1OC1CCOC1. The van der Waals surface area contributed by atoms with Crippen LogP contribution in [0, 0.1) is 0 Å². The van der Waals surface area contributed by atoms with Crippen molar-refractivity contribution in [2.45, 2.75) is 38.0 Å². The first kappa shape index (κ1) is 28.9. The van der Waals surface area contributed by atoms with E-state index in [0.717, 1.165) is 31.5 Å². The average molecular weight is 601 g/mol. The maximum Gasteiger partial charge on any atom is 0.248 e. The van der Waals surface area contributed by atoms with E-state index in [1.807, 2.05) is 42.5 Å². The first-order valence-electron chi connectivity index (χ1n) is 14.3. The Bertz CT molecular complexity index is 1610. The molecule has 2 aliphatic rings. The van der Waals surface area contributed by atoms with Crippen LogP contribution < -0.4 is 20.1 Å². The number of amides is 1. The number of nitrogens with zero attached hydrogens (tertiary/aromatic N) is 4. The van der Waals surface area contributed by atoms with Crippen LogP contribution in [0.1, 0.15) is 25.0 Å². The molecule has 2 aliphatic heterocycles. The summed E-state index contributed by atoms with van der Waals surface area (Å²) in [5.41, 5.74) is 2.69. The zero-order chi connectivity index (χ0) is 29.6. The van der Waals surface area contributed by atoms with Gasteiger partial charge in [-0.25, -0.2) is 9.97 Å². The number of likely N-dealkylation sites (tertiary alicyclic amines) is 1. The third kappa shape index (κ3) is 7.05. The monoisotopic (exact) mass is 600 g/mol. The lowest BCUT2D eigenvalue weighted by Crippen LogP contribution is -2.23. The third-order valence-electron chi connectivity index (χ3n) is 7.53. The largest absolute Gasteiger partial charge is 0.486 e. The van der Waals surface area contributed by atoms with Crippen molar-refractivity contribution >= 4 is 45.6 Å². The molecule has 2 N–H and O–H groups in total. The number of halogens is 1. The van der Waals surface area contributed by atoms with Gasteiger partial charge in [0.15, 0.2) is 5.75 Å². The molecule has 43 heavy (non-hydrogen) atoms. The number of likely N-dealkylation sites (N-methyl/N-ethyl adjacent to an activating group) is 1. The lowest BCUT2D eigenvalue weighted by Gasteiger charge is -2.20. The number of carbonyl (C=O) groups excluding carboxylic acids is 1. The Morgan fingerprint density at radius 3 is 2.86 bits per heavy atom. The van der Waals surface area contributed by atoms with Crippen LogP contribution in [-0.2, 0) is 16.1 Å². The molecule has 2 aromatic heterocycles. The summed E-state index contributed by atoms with van der Waals surface area (Å²) in [6, 6.07) is 15.0. The first-order chi connectivity index (χ1) is 21.0. The van der Waals surface area contributed by atoms with Crippen LogP contribution in [0.4, 0.5) is 17.2 Å². The predicted molar refractivity (Wildman–Crippen MR) is 166 cm³/mol. The smallest absolute Gasteiger partial charge is 0.248 e. The number of pyridine rings is 1. The predicted octanol–water partition coefficient (Wildman–Crippen LogP) is 5.76. The zero-order valence-electron chi connectivity index (χ0n) is 23.8. The van der Waals surface area contributed by atoms with Gasteiger partial charge in [0.2, 0.25) is 5.91 Å². The summed E-state index contributed by atoms with van der Waals surface area (Å²) in [6.07, 6.45) is 9.50. The highest BCUT2D eigenvalue weighted by atomic mass is 35.5. The molecular weight excluding hydrogens is 568 g/mol. The molecule has 4 heterocycles. The van der Waals surface area contributed by atoms with Gasteiger partial charge in [-0.1, -0.05) is 23.7 Å². The summed E-state index contributed by atoms with van der Waals surface area (Å²) in [5, 5.41) is 7.44. The third-order valence-corrected chi connectivity index (χ3v) is 7.82. The summed E-state index contributed by atoms with van der Waals surface area (Å²) in [5.74, 6) is 1.30. The highest BCUT2D eigenvalue weighted by Gasteiger charge is 2.24. The maximum atomic E-state index is 13.0. The number of hydrogen-bond donors (Lipinski definition) is 2. The van der Waals surface area contributed by atoms with Gasteiger partial charge in [0.1, 0.15) is 30.6 Å². The van der Waals surface area contributed by atoms with Crippen LogP contribution in [0.15, 0.2) is 73.2 Å².